The molecule has 0 bridgehead atoms. The third-order valence-electron chi connectivity index (χ3n) is 5.65. The van der Waals surface area contributed by atoms with Gasteiger partial charge in [0.25, 0.3) is 5.91 Å². The van der Waals surface area contributed by atoms with Crippen molar-refractivity contribution in [1.29, 1.82) is 0 Å². The molecule has 7 heteroatoms. The monoisotopic (exact) mass is 441 g/mol. The Morgan fingerprint density at radius 3 is 2.45 bits per heavy atom. The molecule has 4 rings (SSSR count). The van der Waals surface area contributed by atoms with Crippen LogP contribution in [-0.2, 0) is 0 Å². The van der Waals surface area contributed by atoms with Crippen LogP contribution in [0.15, 0.2) is 66.0 Å². The predicted octanol–water partition coefficient (Wildman–Crippen LogP) is 4.71. The number of benzene rings is 2. The number of piperazine rings is 1. The van der Waals surface area contributed by atoms with Crippen LogP contribution in [0.3, 0.4) is 0 Å². The summed E-state index contributed by atoms with van der Waals surface area (Å²) in [5.74, 6) is -0.931. The van der Waals surface area contributed by atoms with Crippen molar-refractivity contribution in [3.63, 3.8) is 0 Å². The molecule has 31 heavy (non-hydrogen) atoms. The number of carbonyl (C=O) groups is 1. The van der Waals surface area contributed by atoms with Gasteiger partial charge in [0.05, 0.1) is 11.7 Å². The van der Waals surface area contributed by atoms with Crippen molar-refractivity contribution in [2.24, 2.45) is 0 Å². The molecular formula is C24H25F2N3OS. The van der Waals surface area contributed by atoms with Gasteiger partial charge in [-0.05, 0) is 48.7 Å². The summed E-state index contributed by atoms with van der Waals surface area (Å²) in [6.45, 7) is 4.87. The Morgan fingerprint density at radius 1 is 1.00 bits per heavy atom. The molecule has 162 valence electrons. The molecule has 0 spiro atoms. The van der Waals surface area contributed by atoms with E-state index in [0.29, 0.717) is 24.3 Å². The lowest BCUT2D eigenvalue weighted by molar-refractivity contribution is 0.0890. The second kappa shape index (κ2) is 9.58. The fourth-order valence-corrected chi connectivity index (χ4v) is 5.11. The molecule has 1 aliphatic heterocycles. The first kappa shape index (κ1) is 21.5. The standard InChI is InChI=1S/C24H25F2N3OS/c1-17(27-24(30)18-6-4-7-19(25)16-18)23(22-10-5-15-31-22)29-13-11-28(12-14-29)21-9-3-2-8-20(21)26/h2-10,15-17,23H,11-14H2,1H3,(H,27,30)/t17-,23-/m1/s1. The van der Waals surface area contributed by atoms with Crippen molar-refractivity contribution in [2.45, 2.75) is 19.0 Å². The number of rotatable bonds is 6. The SMILES string of the molecule is C[C@@H](NC(=O)c1cccc(F)c1)[C@H](c1cccs1)N1CCN(c2ccccc2F)CC1. The third-order valence-corrected chi connectivity index (χ3v) is 6.60. The van der Waals surface area contributed by atoms with Gasteiger partial charge in [0.1, 0.15) is 11.6 Å². The first-order valence-corrected chi connectivity index (χ1v) is 11.2. The van der Waals surface area contributed by atoms with Gasteiger partial charge < -0.3 is 10.2 Å². The van der Waals surface area contributed by atoms with Crippen LogP contribution in [0, 0.1) is 11.6 Å². The normalized spacial score (nSPS) is 16.7. The molecule has 1 aromatic heterocycles. The lowest BCUT2D eigenvalue weighted by atomic mass is 10.0. The number of halogens is 2. The summed E-state index contributed by atoms with van der Waals surface area (Å²) in [5, 5.41) is 5.07. The average molecular weight is 442 g/mol. The summed E-state index contributed by atoms with van der Waals surface area (Å²) in [4.78, 5) is 18.3. The van der Waals surface area contributed by atoms with Gasteiger partial charge in [0.15, 0.2) is 0 Å². The number of anilines is 1. The summed E-state index contributed by atoms with van der Waals surface area (Å²) in [5.41, 5.74) is 0.934. The Kier molecular flexibility index (Phi) is 6.63. The number of hydrogen-bond acceptors (Lipinski definition) is 4. The Hall–Kier alpha value is -2.77. The molecule has 3 aromatic rings. The Bertz CT molecular complexity index is 1020. The van der Waals surface area contributed by atoms with Gasteiger partial charge in [-0.2, -0.15) is 0 Å². The van der Waals surface area contributed by atoms with E-state index in [4.69, 9.17) is 0 Å². The molecule has 1 saturated heterocycles. The lowest BCUT2D eigenvalue weighted by Gasteiger charge is -2.42. The smallest absolute Gasteiger partial charge is 0.251 e. The number of amides is 1. The van der Waals surface area contributed by atoms with Crippen molar-refractivity contribution < 1.29 is 13.6 Å². The molecule has 4 nitrogen and oxygen atoms in total. The van der Waals surface area contributed by atoms with E-state index >= 15 is 0 Å². The van der Waals surface area contributed by atoms with Crippen molar-refractivity contribution in [3.8, 4) is 0 Å². The highest BCUT2D eigenvalue weighted by Crippen LogP contribution is 2.30. The Labute approximate surface area is 185 Å². The third kappa shape index (κ3) is 4.94. The molecule has 1 fully saturated rings. The number of para-hydroxylation sites is 1. The summed E-state index contributed by atoms with van der Waals surface area (Å²) >= 11 is 1.65. The molecular weight excluding hydrogens is 416 g/mol. The highest BCUT2D eigenvalue weighted by molar-refractivity contribution is 7.10. The van der Waals surface area contributed by atoms with E-state index in [1.807, 2.05) is 30.5 Å². The van der Waals surface area contributed by atoms with Crippen LogP contribution in [-0.4, -0.2) is 43.0 Å². The molecule has 0 saturated carbocycles. The van der Waals surface area contributed by atoms with Crippen molar-refractivity contribution >= 4 is 22.9 Å². The van der Waals surface area contributed by atoms with Crippen LogP contribution >= 0.6 is 11.3 Å². The molecule has 2 heterocycles. The van der Waals surface area contributed by atoms with Gasteiger partial charge >= 0.3 is 0 Å². The zero-order chi connectivity index (χ0) is 21.8. The second-order valence-electron chi connectivity index (χ2n) is 7.71. The number of thiophene rings is 1. The van der Waals surface area contributed by atoms with Gasteiger partial charge in [-0.3, -0.25) is 9.69 Å². The van der Waals surface area contributed by atoms with Crippen LogP contribution < -0.4 is 10.2 Å². The van der Waals surface area contributed by atoms with E-state index in [9.17, 15) is 13.6 Å². The maximum Gasteiger partial charge on any atom is 0.251 e. The molecule has 0 unspecified atom stereocenters. The zero-order valence-electron chi connectivity index (χ0n) is 17.3. The number of nitrogens with zero attached hydrogens (tertiary/aromatic N) is 2. The van der Waals surface area contributed by atoms with E-state index in [2.05, 4.69) is 21.2 Å². The number of carbonyl (C=O) groups excluding carboxylic acids is 1. The topological polar surface area (TPSA) is 35.6 Å². The fourth-order valence-electron chi connectivity index (χ4n) is 4.15. The van der Waals surface area contributed by atoms with Crippen LogP contribution in [0.1, 0.15) is 28.2 Å². The van der Waals surface area contributed by atoms with Crippen LogP contribution in [0.2, 0.25) is 0 Å². The van der Waals surface area contributed by atoms with Crippen molar-refractivity contribution in [1.82, 2.24) is 10.2 Å². The number of hydrogen-bond donors (Lipinski definition) is 1. The predicted molar refractivity (Wildman–Crippen MR) is 121 cm³/mol. The maximum absolute atomic E-state index is 14.2. The van der Waals surface area contributed by atoms with Gasteiger partial charge in [-0.25, -0.2) is 8.78 Å². The summed E-state index contributed by atoms with van der Waals surface area (Å²) in [6, 6.07) is 16.4. The summed E-state index contributed by atoms with van der Waals surface area (Å²) in [7, 11) is 0. The van der Waals surface area contributed by atoms with Crippen LogP contribution in [0.25, 0.3) is 0 Å². The van der Waals surface area contributed by atoms with Gasteiger partial charge in [0.2, 0.25) is 0 Å². The minimum atomic E-state index is -0.431. The molecule has 2 atom stereocenters. The van der Waals surface area contributed by atoms with Gasteiger partial charge in [-0.1, -0.05) is 24.3 Å². The van der Waals surface area contributed by atoms with E-state index < -0.39 is 5.82 Å². The molecule has 0 aliphatic carbocycles. The minimum absolute atomic E-state index is 0.0136. The number of nitrogens with one attached hydrogen (secondary N) is 1. The lowest BCUT2D eigenvalue weighted by Crippen LogP contribution is -2.52. The molecule has 2 aromatic carbocycles. The fraction of sp³-hybridized carbons (Fsp3) is 0.292. The van der Waals surface area contributed by atoms with Gasteiger partial charge in [0, 0.05) is 42.7 Å². The van der Waals surface area contributed by atoms with E-state index in [-0.39, 0.29) is 23.8 Å². The average Bonchev–Trinajstić information content (AvgIpc) is 3.29. The molecule has 1 amide bonds. The van der Waals surface area contributed by atoms with Crippen molar-refractivity contribution in [2.75, 3.05) is 31.1 Å². The summed E-state index contributed by atoms with van der Waals surface area (Å²) < 4.78 is 27.7. The second-order valence-corrected chi connectivity index (χ2v) is 8.69. The zero-order valence-corrected chi connectivity index (χ0v) is 18.1. The van der Waals surface area contributed by atoms with Crippen LogP contribution in [0.4, 0.5) is 14.5 Å². The van der Waals surface area contributed by atoms with E-state index in [1.165, 1.54) is 24.3 Å². The quantitative estimate of drug-likeness (QED) is 0.602. The Balaban J connectivity index is 1.47. The van der Waals surface area contributed by atoms with Crippen molar-refractivity contribution in [3.05, 3.63) is 88.1 Å². The molecule has 0 radical (unpaired) electrons. The first-order valence-electron chi connectivity index (χ1n) is 10.4. The van der Waals surface area contributed by atoms with Gasteiger partial charge in [-0.15, -0.1) is 11.3 Å². The highest BCUT2D eigenvalue weighted by Gasteiger charge is 2.31. The summed E-state index contributed by atoms with van der Waals surface area (Å²) in [6.07, 6.45) is 0. The first-order chi connectivity index (χ1) is 15.0. The van der Waals surface area contributed by atoms with E-state index in [0.717, 1.165) is 18.0 Å². The largest absolute Gasteiger partial charge is 0.367 e. The Morgan fingerprint density at radius 2 is 1.77 bits per heavy atom. The van der Waals surface area contributed by atoms with Crippen LogP contribution in [0.5, 0.6) is 0 Å². The highest BCUT2D eigenvalue weighted by atomic mass is 32.1. The molecule has 1 N–H and O–H groups in total. The minimum Gasteiger partial charge on any atom is -0.367 e. The maximum atomic E-state index is 14.2. The molecule has 1 aliphatic rings. The van der Waals surface area contributed by atoms with E-state index in [1.54, 1.807) is 23.5 Å².